The Morgan fingerprint density at radius 2 is 1.76 bits per heavy atom. The number of nitrogens with one attached hydrogen (secondary N) is 1. The summed E-state index contributed by atoms with van der Waals surface area (Å²) in [4.78, 5) is 12.7. The summed E-state index contributed by atoms with van der Waals surface area (Å²) in [5.41, 5.74) is 2.05. The topological polar surface area (TPSA) is 75.7 Å². The molecule has 1 N–H and O–H groups in total. The molecule has 0 aliphatic rings. The minimum Gasteiger partial charge on any atom is -0.491 e. The van der Waals surface area contributed by atoms with E-state index in [-0.39, 0.29) is 12.6 Å². The van der Waals surface area contributed by atoms with Gasteiger partial charge in [-0.3, -0.25) is 9.10 Å². The fourth-order valence-electron chi connectivity index (χ4n) is 2.82. The van der Waals surface area contributed by atoms with Crippen LogP contribution in [0.1, 0.15) is 31.9 Å². The van der Waals surface area contributed by atoms with Gasteiger partial charge < -0.3 is 10.1 Å². The third kappa shape index (κ3) is 6.37. The Hall–Kier alpha value is -2.25. The van der Waals surface area contributed by atoms with E-state index >= 15 is 0 Å². The number of rotatable bonds is 8. The van der Waals surface area contributed by atoms with E-state index < -0.39 is 22.0 Å². The van der Waals surface area contributed by atoms with Crippen LogP contribution >= 0.6 is 11.6 Å². The van der Waals surface area contributed by atoms with Gasteiger partial charge >= 0.3 is 0 Å². The van der Waals surface area contributed by atoms with Gasteiger partial charge in [0.15, 0.2) is 0 Å². The van der Waals surface area contributed by atoms with Gasteiger partial charge in [0.1, 0.15) is 11.8 Å². The molecular weight excluding hydrogens is 412 g/mol. The zero-order valence-corrected chi connectivity index (χ0v) is 18.8. The lowest BCUT2D eigenvalue weighted by molar-refractivity contribution is -0.122. The summed E-state index contributed by atoms with van der Waals surface area (Å²) in [6.07, 6.45) is 1.15. The summed E-state index contributed by atoms with van der Waals surface area (Å²) in [7, 11) is -3.69. The van der Waals surface area contributed by atoms with Crippen LogP contribution in [0.5, 0.6) is 5.75 Å². The van der Waals surface area contributed by atoms with Gasteiger partial charge in [-0.1, -0.05) is 29.8 Å². The molecule has 0 fully saturated rings. The molecule has 0 unspecified atom stereocenters. The van der Waals surface area contributed by atoms with E-state index in [2.05, 4.69) is 5.32 Å². The van der Waals surface area contributed by atoms with Gasteiger partial charge in [-0.05, 0) is 63.1 Å². The fourth-order valence-corrected chi connectivity index (χ4v) is 4.16. The summed E-state index contributed by atoms with van der Waals surface area (Å²) >= 11 is 6.15. The summed E-state index contributed by atoms with van der Waals surface area (Å²) in [6.45, 7) is 7.54. The predicted molar refractivity (Wildman–Crippen MR) is 117 cm³/mol. The van der Waals surface area contributed by atoms with Crippen molar-refractivity contribution < 1.29 is 17.9 Å². The van der Waals surface area contributed by atoms with Gasteiger partial charge in [-0.15, -0.1) is 0 Å². The van der Waals surface area contributed by atoms with Crippen LogP contribution in [0.2, 0.25) is 5.02 Å². The zero-order chi connectivity index (χ0) is 21.8. The minimum absolute atomic E-state index is 0.0821. The monoisotopic (exact) mass is 438 g/mol. The molecule has 0 aliphatic heterocycles. The maximum absolute atomic E-state index is 12.7. The van der Waals surface area contributed by atoms with Crippen molar-refractivity contribution >= 4 is 33.2 Å². The molecule has 158 valence electrons. The summed E-state index contributed by atoms with van der Waals surface area (Å²) in [5, 5.41) is 3.23. The fraction of sp³-hybridized carbons (Fsp3) is 0.381. The summed E-state index contributed by atoms with van der Waals surface area (Å²) in [6, 6.07) is 11.4. The molecular formula is C21H27ClN2O4S. The van der Waals surface area contributed by atoms with Gasteiger partial charge in [0.05, 0.1) is 18.0 Å². The second-order valence-corrected chi connectivity index (χ2v) is 9.46. The normalized spacial score (nSPS) is 12.5. The Bertz CT molecular complexity index is 959. The van der Waals surface area contributed by atoms with Crippen molar-refractivity contribution in [3.8, 4) is 5.75 Å². The van der Waals surface area contributed by atoms with E-state index in [0.717, 1.165) is 27.4 Å². The standard InChI is InChI=1S/C21H27ClN2O4S/c1-14(2)28-19-10-7-17(8-11-19)13-23-21(25)16(4)24(29(5,26)27)18-9-6-15(3)20(22)12-18/h6-12,14,16H,13H2,1-5H3,(H,23,25)/t16-/m0/s1. The number of benzene rings is 2. The first-order valence-electron chi connectivity index (χ1n) is 9.28. The molecule has 0 saturated carbocycles. The zero-order valence-electron chi connectivity index (χ0n) is 17.3. The van der Waals surface area contributed by atoms with Crippen molar-refractivity contribution in [3.05, 3.63) is 58.6 Å². The second kappa shape index (κ2) is 9.50. The minimum atomic E-state index is -3.69. The average Bonchev–Trinajstić information content (AvgIpc) is 2.62. The Balaban J connectivity index is 2.12. The number of amides is 1. The molecule has 0 bridgehead atoms. The van der Waals surface area contributed by atoms with Crippen LogP contribution < -0.4 is 14.4 Å². The van der Waals surface area contributed by atoms with Gasteiger partial charge in [0.2, 0.25) is 15.9 Å². The molecule has 0 radical (unpaired) electrons. The molecule has 2 rings (SSSR count). The number of anilines is 1. The first-order valence-corrected chi connectivity index (χ1v) is 11.5. The number of hydrogen-bond donors (Lipinski definition) is 1. The average molecular weight is 439 g/mol. The molecule has 6 nitrogen and oxygen atoms in total. The maximum Gasteiger partial charge on any atom is 0.243 e. The lowest BCUT2D eigenvalue weighted by atomic mass is 10.2. The molecule has 1 atom stereocenters. The molecule has 0 heterocycles. The third-order valence-electron chi connectivity index (χ3n) is 4.26. The number of carbonyl (C=O) groups is 1. The quantitative estimate of drug-likeness (QED) is 0.678. The van der Waals surface area contributed by atoms with E-state index in [1.807, 2.05) is 45.0 Å². The lowest BCUT2D eigenvalue weighted by Gasteiger charge is -2.28. The summed E-state index contributed by atoms with van der Waals surface area (Å²) < 4.78 is 31.4. The number of nitrogens with zero attached hydrogens (tertiary/aromatic N) is 1. The second-order valence-electron chi connectivity index (χ2n) is 7.20. The highest BCUT2D eigenvalue weighted by Crippen LogP contribution is 2.26. The smallest absolute Gasteiger partial charge is 0.243 e. The highest BCUT2D eigenvalue weighted by Gasteiger charge is 2.29. The van der Waals surface area contributed by atoms with Gasteiger partial charge in [-0.25, -0.2) is 8.42 Å². The van der Waals surface area contributed by atoms with Crippen LogP contribution in [-0.2, 0) is 21.4 Å². The SMILES string of the molecule is Cc1ccc(N([C@@H](C)C(=O)NCc2ccc(OC(C)C)cc2)S(C)(=O)=O)cc1Cl. The number of aryl methyl sites for hydroxylation is 1. The van der Waals surface area contributed by atoms with E-state index in [9.17, 15) is 13.2 Å². The van der Waals surface area contributed by atoms with Crippen LogP contribution in [0.3, 0.4) is 0 Å². The Morgan fingerprint density at radius 1 is 1.14 bits per heavy atom. The Kier molecular flexibility index (Phi) is 7.54. The summed E-state index contributed by atoms with van der Waals surface area (Å²) in [5.74, 6) is 0.345. The van der Waals surface area contributed by atoms with Crippen molar-refractivity contribution in [2.75, 3.05) is 10.6 Å². The van der Waals surface area contributed by atoms with E-state index in [1.54, 1.807) is 25.1 Å². The van der Waals surface area contributed by atoms with Crippen LogP contribution in [0, 0.1) is 6.92 Å². The van der Waals surface area contributed by atoms with Gasteiger partial charge in [0, 0.05) is 11.6 Å². The number of carbonyl (C=O) groups excluding carboxylic acids is 1. The lowest BCUT2D eigenvalue weighted by Crippen LogP contribution is -2.47. The molecule has 29 heavy (non-hydrogen) atoms. The molecule has 1 amide bonds. The first kappa shape index (κ1) is 23.0. The van der Waals surface area contributed by atoms with Crippen molar-refractivity contribution in [1.82, 2.24) is 5.32 Å². The maximum atomic E-state index is 12.7. The van der Waals surface area contributed by atoms with E-state index in [4.69, 9.17) is 16.3 Å². The molecule has 2 aromatic carbocycles. The number of sulfonamides is 1. The molecule has 0 saturated heterocycles. The highest BCUT2D eigenvalue weighted by molar-refractivity contribution is 7.92. The van der Waals surface area contributed by atoms with Crippen molar-refractivity contribution in [1.29, 1.82) is 0 Å². The predicted octanol–water partition coefficient (Wildman–Crippen LogP) is 3.91. The van der Waals surface area contributed by atoms with Crippen LogP contribution in [0.4, 0.5) is 5.69 Å². The number of hydrogen-bond acceptors (Lipinski definition) is 4. The Morgan fingerprint density at radius 3 is 2.28 bits per heavy atom. The highest BCUT2D eigenvalue weighted by atomic mass is 35.5. The third-order valence-corrected chi connectivity index (χ3v) is 5.91. The van der Waals surface area contributed by atoms with E-state index in [1.165, 1.54) is 0 Å². The molecule has 2 aromatic rings. The molecule has 0 aliphatic carbocycles. The van der Waals surface area contributed by atoms with Crippen LogP contribution in [0.15, 0.2) is 42.5 Å². The first-order chi connectivity index (χ1) is 13.5. The number of halogens is 1. The number of ether oxygens (including phenoxy) is 1. The largest absolute Gasteiger partial charge is 0.491 e. The molecule has 8 heteroatoms. The van der Waals surface area contributed by atoms with Crippen molar-refractivity contribution in [3.63, 3.8) is 0 Å². The molecule has 0 aromatic heterocycles. The van der Waals surface area contributed by atoms with E-state index in [0.29, 0.717) is 10.7 Å². The van der Waals surface area contributed by atoms with Gasteiger partial charge in [-0.2, -0.15) is 0 Å². The van der Waals surface area contributed by atoms with Gasteiger partial charge in [0.25, 0.3) is 0 Å². The molecule has 0 spiro atoms. The Labute approximate surface area is 177 Å². The van der Waals surface area contributed by atoms with Crippen LogP contribution in [0.25, 0.3) is 0 Å². The van der Waals surface area contributed by atoms with Crippen LogP contribution in [-0.4, -0.2) is 32.7 Å². The van der Waals surface area contributed by atoms with Crippen molar-refractivity contribution in [2.24, 2.45) is 0 Å². The van der Waals surface area contributed by atoms with Crippen molar-refractivity contribution in [2.45, 2.75) is 46.4 Å².